The molecule has 1 amide bonds. The number of aliphatic carboxylic acids is 1. The van der Waals surface area contributed by atoms with Crippen molar-refractivity contribution in [1.82, 2.24) is 4.90 Å². The first-order chi connectivity index (χ1) is 15.7. The van der Waals surface area contributed by atoms with Gasteiger partial charge in [-0.3, -0.25) is 14.5 Å². The lowest BCUT2D eigenvalue weighted by molar-refractivity contribution is -0.137. The van der Waals surface area contributed by atoms with E-state index in [0.29, 0.717) is 27.1 Å². The van der Waals surface area contributed by atoms with E-state index in [1.165, 1.54) is 16.7 Å². The average Bonchev–Trinajstić information content (AvgIpc) is 3.03. The number of carbonyl (C=O) groups excluding carboxylic acids is 1. The molecule has 0 spiro atoms. The Morgan fingerprint density at radius 1 is 1.24 bits per heavy atom. The standard InChI is InChI=1S/C24H24ClNO5S2/c1-14-9-18(10-15(2)22(14)25)31-13-17-11-16(6-7-19(17)30-3)12-20-23(29)26(24(32)33-20)8-4-5-21(27)28/h6-7,9-12H,4-5,8,13H2,1-3H3,(H,27,28). The molecule has 9 heteroatoms. The van der Waals surface area contributed by atoms with Gasteiger partial charge in [-0.05, 0) is 67.3 Å². The fourth-order valence-electron chi connectivity index (χ4n) is 3.38. The van der Waals surface area contributed by atoms with Crippen LogP contribution >= 0.6 is 35.6 Å². The molecule has 0 saturated carbocycles. The zero-order valence-electron chi connectivity index (χ0n) is 18.5. The number of hydrogen-bond donors (Lipinski definition) is 1. The third kappa shape index (κ3) is 6.28. The molecule has 0 aromatic heterocycles. The maximum Gasteiger partial charge on any atom is 0.303 e. The highest BCUT2D eigenvalue weighted by molar-refractivity contribution is 8.26. The van der Waals surface area contributed by atoms with E-state index in [1.54, 1.807) is 13.2 Å². The van der Waals surface area contributed by atoms with Gasteiger partial charge in [0.1, 0.15) is 22.4 Å². The van der Waals surface area contributed by atoms with Crippen LogP contribution in [-0.4, -0.2) is 39.9 Å². The van der Waals surface area contributed by atoms with Crippen molar-refractivity contribution in [3.05, 3.63) is 62.5 Å². The lowest BCUT2D eigenvalue weighted by Crippen LogP contribution is -2.29. The number of carbonyl (C=O) groups is 2. The van der Waals surface area contributed by atoms with Crippen LogP contribution in [-0.2, 0) is 16.2 Å². The first kappa shape index (κ1) is 25.1. The number of aryl methyl sites for hydroxylation is 2. The molecule has 0 aliphatic carbocycles. The highest BCUT2D eigenvalue weighted by atomic mass is 35.5. The fraction of sp³-hybridized carbons (Fsp3) is 0.292. The van der Waals surface area contributed by atoms with Crippen LogP contribution in [0.15, 0.2) is 35.2 Å². The number of amides is 1. The first-order valence-corrected chi connectivity index (χ1v) is 11.8. The molecule has 33 heavy (non-hydrogen) atoms. The Hall–Kier alpha value is -2.55. The summed E-state index contributed by atoms with van der Waals surface area (Å²) in [5.41, 5.74) is 3.52. The summed E-state index contributed by atoms with van der Waals surface area (Å²) in [6.07, 6.45) is 2.11. The zero-order chi connectivity index (χ0) is 24.1. The molecule has 1 heterocycles. The van der Waals surface area contributed by atoms with Crippen molar-refractivity contribution in [3.8, 4) is 11.5 Å². The summed E-state index contributed by atoms with van der Waals surface area (Å²) in [6, 6.07) is 9.38. The van der Waals surface area contributed by atoms with Gasteiger partial charge in [-0.1, -0.05) is 41.6 Å². The zero-order valence-corrected chi connectivity index (χ0v) is 20.9. The third-order valence-corrected chi connectivity index (χ3v) is 7.03. The Bertz CT molecular complexity index is 1110. The Kier molecular flexibility index (Phi) is 8.40. The normalized spacial score (nSPS) is 14.8. The predicted octanol–water partition coefficient (Wildman–Crippen LogP) is 5.61. The molecule has 3 rings (SSSR count). The molecule has 0 radical (unpaired) electrons. The third-order valence-electron chi connectivity index (χ3n) is 5.05. The molecule has 1 aliphatic heterocycles. The molecule has 1 aliphatic rings. The van der Waals surface area contributed by atoms with Gasteiger partial charge in [0.2, 0.25) is 0 Å². The summed E-state index contributed by atoms with van der Waals surface area (Å²) in [6.45, 7) is 4.43. The van der Waals surface area contributed by atoms with Crippen molar-refractivity contribution in [2.75, 3.05) is 13.7 Å². The molecule has 1 saturated heterocycles. The van der Waals surface area contributed by atoms with Gasteiger partial charge >= 0.3 is 5.97 Å². The number of halogens is 1. The summed E-state index contributed by atoms with van der Waals surface area (Å²) in [7, 11) is 1.59. The van der Waals surface area contributed by atoms with Crippen LogP contribution < -0.4 is 9.47 Å². The van der Waals surface area contributed by atoms with Crippen molar-refractivity contribution in [1.29, 1.82) is 0 Å². The average molecular weight is 506 g/mol. The molecule has 0 unspecified atom stereocenters. The molecule has 2 aromatic carbocycles. The molecular weight excluding hydrogens is 482 g/mol. The number of hydrogen-bond acceptors (Lipinski definition) is 6. The van der Waals surface area contributed by atoms with Gasteiger partial charge in [-0.2, -0.15) is 0 Å². The summed E-state index contributed by atoms with van der Waals surface area (Å²) in [5, 5.41) is 9.54. The largest absolute Gasteiger partial charge is 0.496 e. The maximum absolute atomic E-state index is 12.7. The van der Waals surface area contributed by atoms with Crippen molar-refractivity contribution in [2.24, 2.45) is 0 Å². The second-order valence-electron chi connectivity index (χ2n) is 7.56. The molecule has 2 aromatic rings. The summed E-state index contributed by atoms with van der Waals surface area (Å²) in [5.74, 6) is 0.281. The van der Waals surface area contributed by atoms with Gasteiger partial charge in [-0.15, -0.1) is 0 Å². The topological polar surface area (TPSA) is 76.1 Å². The Labute approximate surface area is 207 Å². The Balaban J connectivity index is 1.76. The van der Waals surface area contributed by atoms with Crippen LogP contribution in [0, 0.1) is 13.8 Å². The van der Waals surface area contributed by atoms with E-state index in [2.05, 4.69) is 0 Å². The van der Waals surface area contributed by atoms with E-state index in [4.69, 9.17) is 38.4 Å². The van der Waals surface area contributed by atoms with E-state index in [-0.39, 0.29) is 25.5 Å². The molecule has 6 nitrogen and oxygen atoms in total. The molecule has 1 N–H and O–H groups in total. The van der Waals surface area contributed by atoms with Crippen molar-refractivity contribution < 1.29 is 24.2 Å². The van der Waals surface area contributed by atoms with Gasteiger partial charge in [0.25, 0.3) is 5.91 Å². The Morgan fingerprint density at radius 2 is 1.94 bits per heavy atom. The Morgan fingerprint density at radius 3 is 2.58 bits per heavy atom. The van der Waals surface area contributed by atoms with E-state index in [9.17, 15) is 9.59 Å². The van der Waals surface area contributed by atoms with Gasteiger partial charge < -0.3 is 14.6 Å². The van der Waals surface area contributed by atoms with Crippen LogP contribution in [0.25, 0.3) is 6.08 Å². The first-order valence-electron chi connectivity index (χ1n) is 10.2. The number of thioether (sulfide) groups is 1. The van der Waals surface area contributed by atoms with Crippen molar-refractivity contribution in [3.63, 3.8) is 0 Å². The maximum atomic E-state index is 12.7. The lowest BCUT2D eigenvalue weighted by Gasteiger charge is -2.13. The number of nitrogens with zero attached hydrogens (tertiary/aromatic N) is 1. The summed E-state index contributed by atoms with van der Waals surface area (Å²) >= 11 is 12.8. The van der Waals surface area contributed by atoms with Crippen molar-refractivity contribution in [2.45, 2.75) is 33.3 Å². The molecule has 0 bridgehead atoms. The molecule has 1 fully saturated rings. The summed E-state index contributed by atoms with van der Waals surface area (Å²) < 4.78 is 11.9. The van der Waals surface area contributed by atoms with E-state index >= 15 is 0 Å². The van der Waals surface area contributed by atoms with E-state index in [0.717, 1.165) is 27.3 Å². The fourth-order valence-corrected chi connectivity index (χ4v) is 4.80. The molecular formula is C24H24ClNO5S2. The van der Waals surface area contributed by atoms with Crippen LogP contribution in [0.2, 0.25) is 5.02 Å². The van der Waals surface area contributed by atoms with Crippen LogP contribution in [0.5, 0.6) is 11.5 Å². The van der Waals surface area contributed by atoms with Crippen LogP contribution in [0.1, 0.15) is 35.1 Å². The lowest BCUT2D eigenvalue weighted by atomic mass is 10.1. The highest BCUT2D eigenvalue weighted by Crippen LogP contribution is 2.34. The minimum atomic E-state index is -0.895. The second kappa shape index (κ2) is 11.0. The minimum absolute atomic E-state index is 0.00931. The quantitative estimate of drug-likeness (QED) is 0.350. The van der Waals surface area contributed by atoms with Gasteiger partial charge in [0, 0.05) is 23.6 Å². The number of rotatable bonds is 9. The van der Waals surface area contributed by atoms with Gasteiger partial charge in [0.05, 0.1) is 12.0 Å². The smallest absolute Gasteiger partial charge is 0.303 e. The summed E-state index contributed by atoms with van der Waals surface area (Å²) in [4.78, 5) is 25.4. The highest BCUT2D eigenvalue weighted by Gasteiger charge is 2.31. The van der Waals surface area contributed by atoms with E-state index < -0.39 is 5.97 Å². The number of benzene rings is 2. The van der Waals surface area contributed by atoms with Gasteiger partial charge in [0.15, 0.2) is 0 Å². The molecule has 0 atom stereocenters. The molecule has 174 valence electrons. The SMILES string of the molecule is COc1ccc(C=C2SC(=S)N(CCCC(=O)O)C2=O)cc1COc1cc(C)c(Cl)c(C)c1. The number of ether oxygens (including phenoxy) is 2. The number of carboxylic acids is 1. The van der Waals surface area contributed by atoms with Crippen LogP contribution in [0.3, 0.4) is 0 Å². The van der Waals surface area contributed by atoms with Gasteiger partial charge in [-0.25, -0.2) is 0 Å². The second-order valence-corrected chi connectivity index (χ2v) is 9.62. The monoisotopic (exact) mass is 505 g/mol. The number of methoxy groups -OCH3 is 1. The number of carboxylic acid groups (broad SMARTS) is 1. The van der Waals surface area contributed by atoms with Crippen LogP contribution in [0.4, 0.5) is 0 Å². The van der Waals surface area contributed by atoms with E-state index in [1.807, 2.05) is 44.2 Å². The number of thiocarbonyl (C=S) groups is 1. The predicted molar refractivity (Wildman–Crippen MR) is 135 cm³/mol. The minimum Gasteiger partial charge on any atom is -0.496 e. The van der Waals surface area contributed by atoms with Crippen molar-refractivity contribution >= 4 is 57.9 Å².